The van der Waals surface area contributed by atoms with Gasteiger partial charge < -0.3 is 10.1 Å². The summed E-state index contributed by atoms with van der Waals surface area (Å²) in [5.74, 6) is 1.73. The van der Waals surface area contributed by atoms with E-state index in [1.807, 2.05) is 12.1 Å². The molecule has 18 heavy (non-hydrogen) atoms. The van der Waals surface area contributed by atoms with Gasteiger partial charge in [-0.15, -0.1) is 0 Å². The van der Waals surface area contributed by atoms with E-state index in [2.05, 4.69) is 38.2 Å². The molecule has 0 aliphatic carbocycles. The predicted octanol–water partition coefficient (Wildman–Crippen LogP) is 4.17. The fourth-order valence-corrected chi connectivity index (χ4v) is 2.38. The highest BCUT2D eigenvalue weighted by Gasteiger charge is 2.15. The van der Waals surface area contributed by atoms with E-state index in [0.717, 1.165) is 18.2 Å². The summed E-state index contributed by atoms with van der Waals surface area (Å²) in [6, 6.07) is 8.91. The van der Waals surface area contributed by atoms with Gasteiger partial charge in [0.15, 0.2) is 0 Å². The average Bonchev–Trinajstić information content (AvgIpc) is 2.43. The van der Waals surface area contributed by atoms with Crippen LogP contribution in [0.3, 0.4) is 0 Å². The van der Waals surface area contributed by atoms with Crippen LogP contribution in [0.1, 0.15) is 51.6 Å². The topological polar surface area (TPSA) is 21.3 Å². The molecule has 0 fully saturated rings. The Morgan fingerprint density at radius 2 is 1.67 bits per heavy atom. The van der Waals surface area contributed by atoms with E-state index < -0.39 is 0 Å². The maximum Gasteiger partial charge on any atom is 0.118 e. The second-order valence-electron chi connectivity index (χ2n) is 4.80. The van der Waals surface area contributed by atoms with Crippen molar-refractivity contribution in [3.63, 3.8) is 0 Å². The van der Waals surface area contributed by atoms with E-state index in [1.54, 1.807) is 7.11 Å². The van der Waals surface area contributed by atoms with Gasteiger partial charge in [0.2, 0.25) is 0 Å². The molecule has 0 aromatic heterocycles. The maximum absolute atomic E-state index is 5.21. The highest BCUT2D eigenvalue weighted by Crippen LogP contribution is 2.26. The van der Waals surface area contributed by atoms with Crippen LogP contribution in [0.15, 0.2) is 24.3 Å². The van der Waals surface area contributed by atoms with Crippen LogP contribution in [0.4, 0.5) is 0 Å². The summed E-state index contributed by atoms with van der Waals surface area (Å²) in [6.07, 6.45) is 3.73. The second kappa shape index (κ2) is 8.15. The Morgan fingerprint density at radius 1 is 1.06 bits per heavy atom. The molecule has 1 aromatic carbocycles. The molecule has 1 atom stereocenters. The van der Waals surface area contributed by atoms with Crippen LogP contribution in [-0.2, 0) is 0 Å². The number of ether oxygens (including phenoxy) is 1. The molecule has 0 saturated carbocycles. The Morgan fingerprint density at radius 3 is 2.11 bits per heavy atom. The van der Waals surface area contributed by atoms with Crippen LogP contribution in [0.5, 0.6) is 5.75 Å². The molecule has 0 aliphatic heterocycles. The van der Waals surface area contributed by atoms with Crippen molar-refractivity contribution in [3.8, 4) is 5.75 Å². The van der Waals surface area contributed by atoms with Crippen molar-refractivity contribution < 1.29 is 4.74 Å². The largest absolute Gasteiger partial charge is 0.497 e. The molecule has 0 amide bonds. The smallest absolute Gasteiger partial charge is 0.118 e. The van der Waals surface area contributed by atoms with Crippen LogP contribution >= 0.6 is 0 Å². The van der Waals surface area contributed by atoms with Crippen molar-refractivity contribution in [1.29, 1.82) is 0 Å². The van der Waals surface area contributed by atoms with Gasteiger partial charge in [-0.3, -0.25) is 0 Å². The minimum atomic E-state index is 0.464. The van der Waals surface area contributed by atoms with Gasteiger partial charge in [0, 0.05) is 6.04 Å². The minimum Gasteiger partial charge on any atom is -0.497 e. The van der Waals surface area contributed by atoms with Crippen molar-refractivity contribution in [2.75, 3.05) is 13.7 Å². The molecule has 1 rings (SSSR count). The van der Waals surface area contributed by atoms with Crippen LogP contribution < -0.4 is 10.1 Å². The van der Waals surface area contributed by atoms with Crippen molar-refractivity contribution in [2.24, 2.45) is 5.92 Å². The fourth-order valence-electron chi connectivity index (χ4n) is 2.38. The molecule has 1 unspecified atom stereocenters. The van der Waals surface area contributed by atoms with Gasteiger partial charge in [-0.05, 0) is 36.6 Å². The van der Waals surface area contributed by atoms with Crippen LogP contribution in [0.2, 0.25) is 0 Å². The zero-order valence-electron chi connectivity index (χ0n) is 12.2. The van der Waals surface area contributed by atoms with Gasteiger partial charge in [0.1, 0.15) is 5.75 Å². The van der Waals surface area contributed by atoms with E-state index in [9.17, 15) is 0 Å². The summed E-state index contributed by atoms with van der Waals surface area (Å²) >= 11 is 0. The summed E-state index contributed by atoms with van der Waals surface area (Å²) < 4.78 is 5.21. The molecule has 0 bridgehead atoms. The number of rotatable bonds is 8. The molecule has 102 valence electrons. The lowest BCUT2D eigenvalue weighted by atomic mass is 9.91. The second-order valence-corrected chi connectivity index (χ2v) is 4.80. The highest BCUT2D eigenvalue weighted by atomic mass is 16.5. The Kier molecular flexibility index (Phi) is 6.81. The highest BCUT2D eigenvalue weighted by molar-refractivity contribution is 5.29. The molecule has 0 radical (unpaired) electrons. The van der Waals surface area contributed by atoms with Gasteiger partial charge in [-0.2, -0.15) is 0 Å². The summed E-state index contributed by atoms with van der Waals surface area (Å²) in [7, 11) is 1.71. The van der Waals surface area contributed by atoms with E-state index in [4.69, 9.17) is 4.74 Å². The van der Waals surface area contributed by atoms with Crippen molar-refractivity contribution >= 4 is 0 Å². The first-order valence-corrected chi connectivity index (χ1v) is 7.12. The third-order valence-corrected chi connectivity index (χ3v) is 3.69. The Hall–Kier alpha value is -1.02. The number of methoxy groups -OCH3 is 1. The predicted molar refractivity (Wildman–Crippen MR) is 78.1 cm³/mol. The zero-order valence-corrected chi connectivity index (χ0v) is 12.2. The fraction of sp³-hybridized carbons (Fsp3) is 0.625. The molecule has 0 spiro atoms. The number of nitrogens with one attached hydrogen (secondary N) is 1. The van der Waals surface area contributed by atoms with Crippen LogP contribution in [0.25, 0.3) is 0 Å². The van der Waals surface area contributed by atoms with E-state index in [-0.39, 0.29) is 0 Å². The number of hydrogen-bond donors (Lipinski definition) is 1. The Labute approximate surface area is 112 Å². The van der Waals surface area contributed by atoms with Crippen molar-refractivity contribution in [3.05, 3.63) is 29.8 Å². The van der Waals surface area contributed by atoms with Crippen LogP contribution in [0, 0.1) is 5.92 Å². The van der Waals surface area contributed by atoms with Crippen molar-refractivity contribution in [2.45, 2.75) is 46.1 Å². The molecule has 0 heterocycles. The van der Waals surface area contributed by atoms with Crippen molar-refractivity contribution in [1.82, 2.24) is 5.32 Å². The number of hydrogen-bond acceptors (Lipinski definition) is 2. The molecule has 1 N–H and O–H groups in total. The lowest BCUT2D eigenvalue weighted by molar-refractivity contribution is 0.375. The monoisotopic (exact) mass is 249 g/mol. The molecular weight excluding hydrogens is 222 g/mol. The lowest BCUT2D eigenvalue weighted by Crippen LogP contribution is -2.23. The van der Waals surface area contributed by atoms with Crippen LogP contribution in [-0.4, -0.2) is 13.7 Å². The summed E-state index contributed by atoms with van der Waals surface area (Å²) in [6.45, 7) is 7.75. The molecule has 0 aliphatic rings. The Bertz CT molecular complexity index is 316. The summed E-state index contributed by atoms with van der Waals surface area (Å²) in [5.41, 5.74) is 1.37. The maximum atomic E-state index is 5.21. The molecule has 2 heteroatoms. The minimum absolute atomic E-state index is 0.464. The molecule has 0 saturated heterocycles. The Balaban J connectivity index is 2.75. The first kappa shape index (κ1) is 15.0. The standard InChI is InChI=1S/C16H27NO/c1-5-13(6-2)12-16(17-7-3)14-8-10-15(18-4)11-9-14/h8-11,13,16-17H,5-7,12H2,1-4H3. The van der Waals surface area contributed by atoms with Gasteiger partial charge in [-0.25, -0.2) is 0 Å². The SMILES string of the molecule is CCNC(CC(CC)CC)c1ccc(OC)cc1. The van der Waals surface area contributed by atoms with Gasteiger partial charge >= 0.3 is 0 Å². The molecular formula is C16H27NO. The normalized spacial score (nSPS) is 12.7. The molecule has 1 aromatic rings. The number of benzene rings is 1. The van der Waals surface area contributed by atoms with E-state index >= 15 is 0 Å². The van der Waals surface area contributed by atoms with Gasteiger partial charge in [0.25, 0.3) is 0 Å². The first-order chi connectivity index (χ1) is 8.74. The van der Waals surface area contributed by atoms with Gasteiger partial charge in [0.05, 0.1) is 7.11 Å². The zero-order chi connectivity index (χ0) is 13.4. The summed E-state index contributed by atoms with van der Waals surface area (Å²) in [5, 5.41) is 3.59. The third-order valence-electron chi connectivity index (χ3n) is 3.69. The van der Waals surface area contributed by atoms with E-state index in [1.165, 1.54) is 24.8 Å². The average molecular weight is 249 g/mol. The third kappa shape index (κ3) is 4.34. The summed E-state index contributed by atoms with van der Waals surface area (Å²) in [4.78, 5) is 0. The first-order valence-electron chi connectivity index (χ1n) is 7.12. The quantitative estimate of drug-likeness (QED) is 0.746. The molecule has 2 nitrogen and oxygen atoms in total. The van der Waals surface area contributed by atoms with Gasteiger partial charge in [-0.1, -0.05) is 45.7 Å². The lowest BCUT2D eigenvalue weighted by Gasteiger charge is -2.23. The van der Waals surface area contributed by atoms with E-state index in [0.29, 0.717) is 6.04 Å².